The summed E-state index contributed by atoms with van der Waals surface area (Å²) >= 11 is 0. The van der Waals surface area contributed by atoms with Crippen LogP contribution in [0.5, 0.6) is 0 Å². The molecule has 1 aromatic heterocycles. The molecule has 0 aliphatic carbocycles. The molecule has 1 N–H and O–H groups in total. The maximum atomic E-state index is 12.5. The highest BCUT2D eigenvalue weighted by Crippen LogP contribution is 2.21. The van der Waals surface area contributed by atoms with Crippen LogP contribution in [0.25, 0.3) is 0 Å². The minimum atomic E-state index is -0.201. The van der Waals surface area contributed by atoms with E-state index in [1.807, 2.05) is 6.92 Å². The third-order valence-corrected chi connectivity index (χ3v) is 5.51. The van der Waals surface area contributed by atoms with Gasteiger partial charge in [-0.05, 0) is 37.9 Å². The molecule has 0 fully saturated rings. The van der Waals surface area contributed by atoms with Gasteiger partial charge in [-0.1, -0.05) is 37.6 Å². The Kier molecular flexibility index (Phi) is 6.67. The molecular weight excluding hydrogens is 354 g/mol. The van der Waals surface area contributed by atoms with Crippen LogP contribution in [0.1, 0.15) is 43.6 Å². The minimum Gasteiger partial charge on any atom is -0.353 e. The number of likely N-dealkylation sites (N-methyl/N-ethyl adjacent to an activating group) is 1. The number of hydrogen-bond acceptors (Lipinski definition) is 4. The third-order valence-electron chi connectivity index (χ3n) is 5.51. The summed E-state index contributed by atoms with van der Waals surface area (Å²) in [4.78, 5) is 27.2. The number of aromatic nitrogens is 3. The Morgan fingerprint density at radius 3 is 2.71 bits per heavy atom. The van der Waals surface area contributed by atoms with Crippen molar-refractivity contribution in [2.75, 3.05) is 13.6 Å². The Hall–Kier alpha value is -2.41. The molecule has 0 radical (unpaired) electrons. The third kappa shape index (κ3) is 4.52. The lowest BCUT2D eigenvalue weighted by Gasteiger charge is -2.34. The Labute approximate surface area is 166 Å². The summed E-state index contributed by atoms with van der Waals surface area (Å²) in [6.07, 6.45) is 3.71. The highest BCUT2D eigenvalue weighted by molar-refractivity contribution is 5.75. The van der Waals surface area contributed by atoms with E-state index >= 15 is 0 Å². The molecule has 1 aromatic carbocycles. The fraction of sp³-hybridized carbons (Fsp3) is 0.571. The van der Waals surface area contributed by atoms with Crippen LogP contribution < -0.4 is 11.0 Å². The van der Waals surface area contributed by atoms with Crippen molar-refractivity contribution in [3.05, 3.63) is 51.7 Å². The first-order valence-electron chi connectivity index (χ1n) is 10.2. The lowest BCUT2D eigenvalue weighted by molar-refractivity contribution is -0.122. The van der Waals surface area contributed by atoms with Crippen molar-refractivity contribution in [2.45, 2.75) is 65.2 Å². The van der Waals surface area contributed by atoms with Crippen molar-refractivity contribution in [1.29, 1.82) is 0 Å². The summed E-state index contributed by atoms with van der Waals surface area (Å²) in [6.45, 7) is 6.04. The van der Waals surface area contributed by atoms with E-state index in [0.717, 1.165) is 38.1 Å². The van der Waals surface area contributed by atoms with E-state index < -0.39 is 0 Å². The zero-order valence-electron chi connectivity index (χ0n) is 17.1. The van der Waals surface area contributed by atoms with Gasteiger partial charge in [0.1, 0.15) is 12.4 Å². The van der Waals surface area contributed by atoms with E-state index in [2.05, 4.69) is 53.6 Å². The highest BCUT2D eigenvalue weighted by Gasteiger charge is 2.23. The molecule has 152 valence electrons. The van der Waals surface area contributed by atoms with Crippen LogP contribution >= 0.6 is 0 Å². The van der Waals surface area contributed by atoms with Crippen LogP contribution in [-0.4, -0.2) is 44.8 Å². The second kappa shape index (κ2) is 9.19. The van der Waals surface area contributed by atoms with Crippen LogP contribution in [0.15, 0.2) is 29.1 Å². The SMILES string of the molecule is CCCCc1nn(CC(=O)NCC2Cc3ccccc3CN2C)c(=O)n1CC. The number of hydrogen-bond donors (Lipinski definition) is 1. The number of amides is 1. The number of nitrogens with zero attached hydrogens (tertiary/aromatic N) is 4. The molecule has 2 heterocycles. The van der Waals surface area contributed by atoms with E-state index in [1.165, 1.54) is 15.8 Å². The van der Waals surface area contributed by atoms with Crippen molar-refractivity contribution >= 4 is 5.91 Å². The highest BCUT2D eigenvalue weighted by atomic mass is 16.2. The first kappa shape index (κ1) is 20.3. The molecule has 2 aromatic rings. The van der Waals surface area contributed by atoms with Gasteiger partial charge in [0.25, 0.3) is 0 Å². The summed E-state index contributed by atoms with van der Waals surface area (Å²) in [5.74, 6) is 0.600. The Bertz CT molecular complexity index is 870. The molecule has 1 atom stereocenters. The van der Waals surface area contributed by atoms with Gasteiger partial charge in [-0.3, -0.25) is 14.3 Å². The quantitative estimate of drug-likeness (QED) is 0.749. The molecule has 7 nitrogen and oxygen atoms in total. The molecule has 0 bridgehead atoms. The number of carbonyl (C=O) groups excluding carboxylic acids is 1. The van der Waals surface area contributed by atoms with Crippen molar-refractivity contribution in [3.8, 4) is 0 Å². The van der Waals surface area contributed by atoms with E-state index in [-0.39, 0.29) is 24.2 Å². The van der Waals surface area contributed by atoms with E-state index in [1.54, 1.807) is 4.57 Å². The average Bonchev–Trinajstić information content (AvgIpc) is 2.99. The lowest BCUT2D eigenvalue weighted by atomic mass is 9.94. The standard InChI is InChI=1S/C21H31N5O2/c1-4-6-11-19-23-26(21(28)25(19)5-2)15-20(27)22-13-18-12-16-9-7-8-10-17(16)14-24(18)3/h7-10,18H,4-6,11-15H2,1-3H3,(H,22,27). The van der Waals surface area contributed by atoms with Crippen LogP contribution in [0.3, 0.4) is 0 Å². The van der Waals surface area contributed by atoms with Gasteiger partial charge < -0.3 is 5.32 Å². The maximum absolute atomic E-state index is 12.5. The summed E-state index contributed by atoms with van der Waals surface area (Å²) in [5, 5.41) is 7.38. The van der Waals surface area contributed by atoms with Crippen molar-refractivity contribution < 1.29 is 4.79 Å². The van der Waals surface area contributed by atoms with Gasteiger partial charge in [0.15, 0.2) is 0 Å². The first-order chi connectivity index (χ1) is 13.5. The van der Waals surface area contributed by atoms with E-state index in [0.29, 0.717) is 13.1 Å². The zero-order valence-corrected chi connectivity index (χ0v) is 17.1. The fourth-order valence-corrected chi connectivity index (χ4v) is 3.80. The van der Waals surface area contributed by atoms with Crippen LogP contribution in [0, 0.1) is 0 Å². The second-order valence-electron chi connectivity index (χ2n) is 7.55. The number of rotatable bonds is 8. The minimum absolute atomic E-state index is 0.0298. The largest absolute Gasteiger partial charge is 0.353 e. The van der Waals surface area contributed by atoms with Crippen LogP contribution in [0.4, 0.5) is 0 Å². The smallest absolute Gasteiger partial charge is 0.346 e. The molecule has 28 heavy (non-hydrogen) atoms. The van der Waals surface area contributed by atoms with Gasteiger partial charge in [-0.25, -0.2) is 9.48 Å². The van der Waals surface area contributed by atoms with Crippen molar-refractivity contribution in [3.63, 3.8) is 0 Å². The zero-order chi connectivity index (χ0) is 20.1. The molecule has 3 rings (SSSR count). The van der Waals surface area contributed by atoms with Gasteiger partial charge in [0.05, 0.1) is 0 Å². The van der Waals surface area contributed by atoms with E-state index in [4.69, 9.17) is 0 Å². The molecule has 0 saturated carbocycles. The number of unbranched alkanes of at least 4 members (excludes halogenated alkanes) is 1. The molecule has 7 heteroatoms. The van der Waals surface area contributed by atoms with Gasteiger partial charge in [0.2, 0.25) is 5.91 Å². The molecule has 1 amide bonds. The second-order valence-corrected chi connectivity index (χ2v) is 7.55. The Balaban J connectivity index is 1.59. The monoisotopic (exact) mass is 385 g/mol. The summed E-state index contributed by atoms with van der Waals surface area (Å²) < 4.78 is 2.96. The van der Waals surface area contributed by atoms with Crippen LogP contribution in [0.2, 0.25) is 0 Å². The number of carbonyl (C=O) groups is 1. The normalized spacial score (nSPS) is 16.8. The molecule has 0 saturated heterocycles. The fourth-order valence-electron chi connectivity index (χ4n) is 3.80. The Morgan fingerprint density at radius 2 is 2.00 bits per heavy atom. The molecule has 1 aliphatic rings. The first-order valence-corrected chi connectivity index (χ1v) is 10.2. The number of benzene rings is 1. The molecular formula is C21H31N5O2. The maximum Gasteiger partial charge on any atom is 0.346 e. The number of fused-ring (bicyclic) bond motifs is 1. The van der Waals surface area contributed by atoms with Gasteiger partial charge in [-0.15, -0.1) is 0 Å². The van der Waals surface area contributed by atoms with E-state index in [9.17, 15) is 9.59 Å². The average molecular weight is 386 g/mol. The van der Waals surface area contributed by atoms with Crippen molar-refractivity contribution in [2.24, 2.45) is 0 Å². The van der Waals surface area contributed by atoms with Crippen LogP contribution in [-0.2, 0) is 37.3 Å². The lowest BCUT2D eigenvalue weighted by Crippen LogP contribution is -2.46. The summed E-state index contributed by atoms with van der Waals surface area (Å²) in [7, 11) is 2.08. The summed E-state index contributed by atoms with van der Waals surface area (Å²) in [5.41, 5.74) is 2.50. The summed E-state index contributed by atoms with van der Waals surface area (Å²) in [6, 6.07) is 8.70. The van der Waals surface area contributed by atoms with Gasteiger partial charge in [0, 0.05) is 32.1 Å². The Morgan fingerprint density at radius 1 is 1.25 bits per heavy atom. The molecule has 1 aliphatic heterocycles. The van der Waals surface area contributed by atoms with Crippen molar-refractivity contribution in [1.82, 2.24) is 24.6 Å². The topological polar surface area (TPSA) is 72.2 Å². The number of nitrogens with one attached hydrogen (secondary N) is 1. The predicted octanol–water partition coefficient (Wildman–Crippen LogP) is 1.58. The van der Waals surface area contributed by atoms with Gasteiger partial charge in [-0.2, -0.15) is 5.10 Å². The predicted molar refractivity (Wildman–Crippen MR) is 109 cm³/mol. The van der Waals surface area contributed by atoms with Gasteiger partial charge >= 0.3 is 5.69 Å². The number of aryl methyl sites for hydroxylation is 1. The molecule has 1 unspecified atom stereocenters. The molecule has 0 spiro atoms.